The van der Waals surface area contributed by atoms with Crippen molar-refractivity contribution in [1.29, 1.82) is 0 Å². The van der Waals surface area contributed by atoms with Gasteiger partial charge in [0, 0.05) is 24.5 Å². The number of anilines is 2. The molecule has 0 atom stereocenters. The van der Waals surface area contributed by atoms with Crippen LogP contribution in [0, 0.1) is 6.92 Å². The normalized spacial score (nSPS) is 10.8. The molecule has 20 heavy (non-hydrogen) atoms. The van der Waals surface area contributed by atoms with Crippen molar-refractivity contribution in [3.8, 4) is 0 Å². The SMILES string of the molecule is CCOCCN(CC)CC(=O)Nc1cccc(N)c1C. The number of rotatable bonds is 8. The number of nitrogens with zero attached hydrogens (tertiary/aromatic N) is 1. The molecule has 1 aromatic rings. The second-order valence-corrected chi connectivity index (χ2v) is 4.63. The molecular formula is C15H25N3O2. The molecule has 0 bridgehead atoms. The summed E-state index contributed by atoms with van der Waals surface area (Å²) in [5.41, 5.74) is 8.19. The molecule has 0 saturated heterocycles. The van der Waals surface area contributed by atoms with Gasteiger partial charge in [-0.3, -0.25) is 9.69 Å². The predicted molar refractivity (Wildman–Crippen MR) is 82.8 cm³/mol. The molecule has 0 heterocycles. The summed E-state index contributed by atoms with van der Waals surface area (Å²) < 4.78 is 5.31. The first-order chi connectivity index (χ1) is 9.58. The molecule has 1 rings (SSSR count). The molecule has 5 nitrogen and oxygen atoms in total. The molecule has 0 fully saturated rings. The van der Waals surface area contributed by atoms with Gasteiger partial charge in [-0.2, -0.15) is 0 Å². The Morgan fingerprint density at radius 3 is 2.80 bits per heavy atom. The zero-order valence-corrected chi connectivity index (χ0v) is 12.6. The van der Waals surface area contributed by atoms with E-state index in [1.54, 1.807) is 0 Å². The highest BCUT2D eigenvalue weighted by atomic mass is 16.5. The van der Waals surface area contributed by atoms with Crippen molar-refractivity contribution < 1.29 is 9.53 Å². The molecule has 0 aromatic heterocycles. The number of likely N-dealkylation sites (N-methyl/N-ethyl adjacent to an activating group) is 1. The molecule has 0 aliphatic rings. The monoisotopic (exact) mass is 279 g/mol. The summed E-state index contributed by atoms with van der Waals surface area (Å²) in [6.07, 6.45) is 0. The van der Waals surface area contributed by atoms with Gasteiger partial charge in [-0.15, -0.1) is 0 Å². The maximum absolute atomic E-state index is 12.0. The third-order valence-electron chi connectivity index (χ3n) is 3.22. The summed E-state index contributed by atoms with van der Waals surface area (Å²) >= 11 is 0. The fraction of sp³-hybridized carbons (Fsp3) is 0.533. The van der Waals surface area contributed by atoms with E-state index in [2.05, 4.69) is 5.32 Å². The lowest BCUT2D eigenvalue weighted by Gasteiger charge is -2.20. The second-order valence-electron chi connectivity index (χ2n) is 4.63. The van der Waals surface area contributed by atoms with Crippen LogP contribution in [0.5, 0.6) is 0 Å². The lowest BCUT2D eigenvalue weighted by Crippen LogP contribution is -2.35. The number of nitrogens with one attached hydrogen (secondary N) is 1. The average Bonchev–Trinajstić information content (AvgIpc) is 2.43. The largest absolute Gasteiger partial charge is 0.398 e. The number of benzene rings is 1. The zero-order chi connectivity index (χ0) is 15.0. The minimum absolute atomic E-state index is 0.0305. The highest BCUT2D eigenvalue weighted by molar-refractivity contribution is 5.93. The molecule has 1 amide bonds. The first-order valence-corrected chi connectivity index (χ1v) is 7.03. The van der Waals surface area contributed by atoms with Crippen LogP contribution in [0.15, 0.2) is 18.2 Å². The second kappa shape index (κ2) is 8.55. The van der Waals surface area contributed by atoms with Crippen molar-refractivity contribution in [2.45, 2.75) is 20.8 Å². The molecule has 1 aromatic carbocycles. The maximum atomic E-state index is 12.0. The van der Waals surface area contributed by atoms with E-state index in [0.29, 0.717) is 25.4 Å². The van der Waals surface area contributed by atoms with E-state index in [9.17, 15) is 4.79 Å². The minimum Gasteiger partial charge on any atom is -0.398 e. The molecule has 0 aliphatic heterocycles. The Kier molecular flexibility index (Phi) is 7.04. The number of hydrogen-bond donors (Lipinski definition) is 2. The van der Waals surface area contributed by atoms with Crippen molar-refractivity contribution in [3.05, 3.63) is 23.8 Å². The number of carbonyl (C=O) groups excluding carboxylic acids is 1. The Labute approximate surface area is 121 Å². The van der Waals surface area contributed by atoms with Crippen molar-refractivity contribution >= 4 is 17.3 Å². The molecule has 0 radical (unpaired) electrons. The Morgan fingerprint density at radius 2 is 2.15 bits per heavy atom. The van der Waals surface area contributed by atoms with Crippen molar-refractivity contribution in [1.82, 2.24) is 4.90 Å². The Balaban J connectivity index is 2.51. The summed E-state index contributed by atoms with van der Waals surface area (Å²) in [4.78, 5) is 14.1. The lowest BCUT2D eigenvalue weighted by atomic mass is 10.1. The number of ether oxygens (including phenoxy) is 1. The predicted octanol–water partition coefficient (Wildman–Crippen LogP) is 1.87. The zero-order valence-electron chi connectivity index (χ0n) is 12.6. The summed E-state index contributed by atoms with van der Waals surface area (Å²) in [5, 5.41) is 2.90. The van der Waals surface area contributed by atoms with E-state index in [4.69, 9.17) is 10.5 Å². The van der Waals surface area contributed by atoms with E-state index < -0.39 is 0 Å². The minimum atomic E-state index is -0.0305. The number of hydrogen-bond acceptors (Lipinski definition) is 4. The fourth-order valence-corrected chi connectivity index (χ4v) is 1.87. The van der Waals surface area contributed by atoms with Crippen LogP contribution < -0.4 is 11.1 Å². The smallest absolute Gasteiger partial charge is 0.238 e. The number of carbonyl (C=O) groups is 1. The van der Waals surface area contributed by atoms with Gasteiger partial charge in [-0.25, -0.2) is 0 Å². The Bertz CT molecular complexity index is 435. The number of nitrogens with two attached hydrogens (primary N) is 1. The number of amides is 1. The summed E-state index contributed by atoms with van der Waals surface area (Å²) in [6.45, 7) is 9.18. The van der Waals surface area contributed by atoms with Crippen molar-refractivity contribution in [2.24, 2.45) is 0 Å². The summed E-state index contributed by atoms with van der Waals surface area (Å²) in [5.74, 6) is -0.0305. The van der Waals surface area contributed by atoms with Gasteiger partial charge in [0.05, 0.1) is 13.2 Å². The van der Waals surface area contributed by atoms with Crippen molar-refractivity contribution in [2.75, 3.05) is 43.9 Å². The summed E-state index contributed by atoms with van der Waals surface area (Å²) in [6, 6.07) is 5.52. The van der Waals surface area contributed by atoms with Crippen LogP contribution in [0.2, 0.25) is 0 Å². The van der Waals surface area contributed by atoms with E-state index in [-0.39, 0.29) is 5.91 Å². The highest BCUT2D eigenvalue weighted by Gasteiger charge is 2.10. The van der Waals surface area contributed by atoms with Gasteiger partial charge < -0.3 is 15.8 Å². The number of nitrogen functional groups attached to an aromatic ring is 1. The molecule has 112 valence electrons. The van der Waals surface area contributed by atoms with E-state index in [1.165, 1.54) is 0 Å². The van der Waals surface area contributed by atoms with Crippen molar-refractivity contribution in [3.63, 3.8) is 0 Å². The van der Waals surface area contributed by atoms with Gasteiger partial charge in [0.15, 0.2) is 0 Å². The molecular weight excluding hydrogens is 254 g/mol. The van der Waals surface area contributed by atoms with Gasteiger partial charge in [0.2, 0.25) is 5.91 Å². The molecule has 0 unspecified atom stereocenters. The van der Waals surface area contributed by atoms with Gasteiger partial charge in [-0.05, 0) is 38.1 Å². The molecule has 3 N–H and O–H groups in total. The van der Waals surface area contributed by atoms with Crippen LogP contribution in [-0.4, -0.2) is 43.7 Å². The van der Waals surface area contributed by atoms with E-state index in [1.807, 2.05) is 43.9 Å². The quantitative estimate of drug-likeness (QED) is 0.563. The van der Waals surface area contributed by atoms with E-state index >= 15 is 0 Å². The standard InChI is InChI=1S/C15H25N3O2/c1-4-18(9-10-20-5-2)11-15(19)17-14-8-6-7-13(16)12(14)3/h6-8H,4-5,9-11,16H2,1-3H3,(H,17,19). The Hall–Kier alpha value is -1.59. The molecule has 5 heteroatoms. The summed E-state index contributed by atoms with van der Waals surface area (Å²) in [7, 11) is 0. The van der Waals surface area contributed by atoms with Crippen LogP contribution in [0.25, 0.3) is 0 Å². The fourth-order valence-electron chi connectivity index (χ4n) is 1.87. The molecule has 0 saturated carbocycles. The Morgan fingerprint density at radius 1 is 1.40 bits per heavy atom. The first kappa shape index (κ1) is 16.5. The topological polar surface area (TPSA) is 67.6 Å². The van der Waals surface area contributed by atoms with Gasteiger partial charge >= 0.3 is 0 Å². The van der Waals surface area contributed by atoms with Crippen LogP contribution >= 0.6 is 0 Å². The van der Waals surface area contributed by atoms with Crippen LogP contribution in [0.4, 0.5) is 11.4 Å². The van der Waals surface area contributed by atoms with E-state index in [0.717, 1.165) is 24.3 Å². The van der Waals surface area contributed by atoms with Gasteiger partial charge in [0.1, 0.15) is 0 Å². The van der Waals surface area contributed by atoms with Crippen LogP contribution in [0.3, 0.4) is 0 Å². The molecule has 0 spiro atoms. The lowest BCUT2D eigenvalue weighted by molar-refractivity contribution is -0.117. The molecule has 0 aliphatic carbocycles. The highest BCUT2D eigenvalue weighted by Crippen LogP contribution is 2.20. The maximum Gasteiger partial charge on any atom is 0.238 e. The van der Waals surface area contributed by atoms with Gasteiger partial charge in [0.25, 0.3) is 0 Å². The average molecular weight is 279 g/mol. The third-order valence-corrected chi connectivity index (χ3v) is 3.22. The third kappa shape index (κ3) is 5.19. The van der Waals surface area contributed by atoms with Gasteiger partial charge in [-0.1, -0.05) is 13.0 Å². The van der Waals surface area contributed by atoms with Crippen LogP contribution in [0.1, 0.15) is 19.4 Å². The van der Waals surface area contributed by atoms with Crippen LogP contribution in [-0.2, 0) is 9.53 Å². The first-order valence-electron chi connectivity index (χ1n) is 7.03.